The number of hydrogen-bond donors (Lipinski definition) is 2. The van der Waals surface area contributed by atoms with Gasteiger partial charge in [0.2, 0.25) is 0 Å². The summed E-state index contributed by atoms with van der Waals surface area (Å²) in [5, 5.41) is 2.37. The molecule has 0 saturated heterocycles. The molecule has 9 heavy (non-hydrogen) atoms. The van der Waals surface area contributed by atoms with Crippen LogP contribution in [0, 0.1) is 0 Å². The van der Waals surface area contributed by atoms with Crippen LogP contribution in [-0.4, -0.2) is 5.75 Å². The van der Waals surface area contributed by atoms with E-state index < -0.39 is 0 Å². The van der Waals surface area contributed by atoms with Crippen LogP contribution in [0.25, 0.3) is 0 Å². The normalized spacial score (nSPS) is 13.6. The second-order valence-corrected chi connectivity index (χ2v) is 3.68. The smallest absolute Gasteiger partial charge is 0.0448 e. The molecular weight excluding hydrogens is 168 g/mol. The van der Waals surface area contributed by atoms with Gasteiger partial charge in [0.1, 0.15) is 0 Å². The van der Waals surface area contributed by atoms with Crippen LogP contribution in [0.2, 0.25) is 0 Å². The zero-order chi connectivity index (χ0) is 6.69. The molecule has 0 spiro atoms. The summed E-state index contributed by atoms with van der Waals surface area (Å²) >= 11 is 10.2. The summed E-state index contributed by atoms with van der Waals surface area (Å²) in [5.41, 5.74) is 0. The molecule has 0 aromatic carbocycles. The van der Waals surface area contributed by atoms with Gasteiger partial charge in [-0.25, -0.2) is 0 Å². The molecule has 0 aliphatic rings. The van der Waals surface area contributed by atoms with Gasteiger partial charge in [0.05, 0.1) is 0 Å². The van der Waals surface area contributed by atoms with Gasteiger partial charge in [0.15, 0.2) is 0 Å². The van der Waals surface area contributed by atoms with Crippen molar-refractivity contribution in [2.75, 3.05) is 5.75 Å². The summed E-state index contributed by atoms with van der Waals surface area (Å²) in [6.45, 7) is 0. The molecule has 1 atom stereocenters. The van der Waals surface area contributed by atoms with E-state index in [0.717, 1.165) is 5.75 Å². The Kier molecular flexibility index (Phi) is 2.95. The van der Waals surface area contributed by atoms with Gasteiger partial charge in [0, 0.05) is 15.9 Å². The largest absolute Gasteiger partial charge is 0.178 e. The first-order chi connectivity index (χ1) is 4.34. The van der Waals surface area contributed by atoms with Crippen LogP contribution in [0.3, 0.4) is 0 Å². The fourth-order valence-corrected chi connectivity index (χ4v) is 1.87. The van der Waals surface area contributed by atoms with E-state index in [1.165, 1.54) is 4.88 Å². The average Bonchev–Trinajstić information content (AvgIpc) is 2.37. The minimum atomic E-state index is 0.313. The Hall–Kier alpha value is 0.400. The molecule has 1 heterocycles. The van der Waals surface area contributed by atoms with Crippen molar-refractivity contribution in [2.45, 2.75) is 5.25 Å². The van der Waals surface area contributed by atoms with E-state index >= 15 is 0 Å². The fourth-order valence-electron chi connectivity index (χ4n) is 0.571. The van der Waals surface area contributed by atoms with Crippen LogP contribution in [-0.2, 0) is 0 Å². The highest BCUT2D eigenvalue weighted by atomic mass is 32.1. The van der Waals surface area contributed by atoms with Crippen molar-refractivity contribution in [3.05, 3.63) is 22.4 Å². The third-order valence-corrected chi connectivity index (χ3v) is 3.32. The number of rotatable bonds is 2. The molecule has 3 heteroatoms. The van der Waals surface area contributed by atoms with Crippen LogP contribution >= 0.6 is 36.6 Å². The summed E-state index contributed by atoms with van der Waals surface area (Å²) in [6, 6.07) is 4.12. The molecule has 0 N–H and O–H groups in total. The molecule has 1 rings (SSSR count). The maximum atomic E-state index is 4.32. The molecule has 0 nitrogen and oxygen atoms in total. The first-order valence-corrected chi connectivity index (χ1v) is 4.70. The lowest BCUT2D eigenvalue weighted by Crippen LogP contribution is -1.85. The molecule has 0 fully saturated rings. The van der Waals surface area contributed by atoms with Gasteiger partial charge in [-0.15, -0.1) is 11.3 Å². The highest BCUT2D eigenvalue weighted by Crippen LogP contribution is 2.24. The van der Waals surface area contributed by atoms with Gasteiger partial charge in [-0.3, -0.25) is 0 Å². The maximum absolute atomic E-state index is 4.32. The number of thiol groups is 2. The predicted octanol–water partition coefficient (Wildman–Crippen LogP) is 2.65. The Labute approximate surface area is 70.1 Å². The first kappa shape index (κ1) is 7.51. The average molecular weight is 176 g/mol. The Morgan fingerprint density at radius 1 is 1.67 bits per heavy atom. The van der Waals surface area contributed by atoms with Crippen LogP contribution in [0.1, 0.15) is 10.1 Å². The monoisotopic (exact) mass is 176 g/mol. The topological polar surface area (TPSA) is 0 Å². The SMILES string of the molecule is SCC(S)c1cccs1. The minimum absolute atomic E-state index is 0.313. The van der Waals surface area contributed by atoms with E-state index in [4.69, 9.17) is 0 Å². The van der Waals surface area contributed by atoms with Crippen LogP contribution in [0.5, 0.6) is 0 Å². The van der Waals surface area contributed by atoms with E-state index in [1.807, 2.05) is 6.07 Å². The molecule has 1 aromatic rings. The van der Waals surface area contributed by atoms with Crippen molar-refractivity contribution >= 4 is 36.6 Å². The maximum Gasteiger partial charge on any atom is 0.0448 e. The van der Waals surface area contributed by atoms with Gasteiger partial charge in [-0.2, -0.15) is 25.3 Å². The van der Waals surface area contributed by atoms with Gasteiger partial charge in [-0.05, 0) is 11.4 Å². The quantitative estimate of drug-likeness (QED) is 0.636. The Morgan fingerprint density at radius 2 is 2.44 bits per heavy atom. The Bertz CT molecular complexity index is 157. The van der Waals surface area contributed by atoms with Crippen molar-refractivity contribution in [3.63, 3.8) is 0 Å². The summed E-state index contributed by atoms with van der Waals surface area (Å²) in [5.74, 6) is 0.809. The lowest BCUT2D eigenvalue weighted by Gasteiger charge is -2.00. The second kappa shape index (κ2) is 3.54. The summed E-state index contributed by atoms with van der Waals surface area (Å²) in [7, 11) is 0. The summed E-state index contributed by atoms with van der Waals surface area (Å²) < 4.78 is 0. The lowest BCUT2D eigenvalue weighted by atomic mass is 10.4. The van der Waals surface area contributed by atoms with Crippen molar-refractivity contribution in [2.24, 2.45) is 0 Å². The van der Waals surface area contributed by atoms with Crippen molar-refractivity contribution in [1.29, 1.82) is 0 Å². The lowest BCUT2D eigenvalue weighted by molar-refractivity contribution is 1.18. The molecule has 0 aliphatic heterocycles. The molecule has 50 valence electrons. The highest BCUT2D eigenvalue weighted by Gasteiger charge is 2.02. The highest BCUT2D eigenvalue weighted by molar-refractivity contribution is 7.84. The van der Waals surface area contributed by atoms with Crippen molar-refractivity contribution in [1.82, 2.24) is 0 Å². The van der Waals surface area contributed by atoms with Crippen LogP contribution in [0.4, 0.5) is 0 Å². The van der Waals surface area contributed by atoms with Crippen molar-refractivity contribution < 1.29 is 0 Å². The van der Waals surface area contributed by atoms with Crippen LogP contribution in [0.15, 0.2) is 17.5 Å². The Morgan fingerprint density at radius 3 is 2.89 bits per heavy atom. The van der Waals surface area contributed by atoms with Gasteiger partial charge < -0.3 is 0 Å². The fraction of sp³-hybridized carbons (Fsp3) is 0.333. The summed E-state index contributed by atoms with van der Waals surface area (Å²) in [4.78, 5) is 1.30. The molecule has 0 bridgehead atoms. The molecule has 0 aliphatic carbocycles. The van der Waals surface area contributed by atoms with Gasteiger partial charge >= 0.3 is 0 Å². The standard InChI is InChI=1S/C6H8S3/c7-4-5(8)6-2-1-3-9-6/h1-3,5,7-8H,4H2. The molecule has 0 amide bonds. The molecule has 1 aromatic heterocycles. The van der Waals surface area contributed by atoms with Crippen LogP contribution < -0.4 is 0 Å². The third kappa shape index (κ3) is 1.92. The van der Waals surface area contributed by atoms with E-state index in [2.05, 4.69) is 36.7 Å². The number of thiophene rings is 1. The van der Waals surface area contributed by atoms with Gasteiger partial charge in [-0.1, -0.05) is 6.07 Å². The summed E-state index contributed by atoms with van der Waals surface area (Å²) in [6.07, 6.45) is 0. The van der Waals surface area contributed by atoms with E-state index in [1.54, 1.807) is 11.3 Å². The van der Waals surface area contributed by atoms with E-state index in [9.17, 15) is 0 Å². The zero-order valence-electron chi connectivity index (χ0n) is 4.82. The third-order valence-electron chi connectivity index (χ3n) is 1.04. The van der Waals surface area contributed by atoms with Crippen molar-refractivity contribution in [3.8, 4) is 0 Å². The van der Waals surface area contributed by atoms with E-state index in [0.29, 0.717) is 5.25 Å². The number of hydrogen-bond acceptors (Lipinski definition) is 3. The first-order valence-electron chi connectivity index (χ1n) is 2.67. The van der Waals surface area contributed by atoms with E-state index in [-0.39, 0.29) is 0 Å². The molecule has 0 saturated carbocycles. The minimum Gasteiger partial charge on any atom is -0.178 e. The Balaban J connectivity index is 2.65. The zero-order valence-corrected chi connectivity index (χ0v) is 7.42. The molecule has 1 unspecified atom stereocenters. The van der Waals surface area contributed by atoms with Gasteiger partial charge in [0.25, 0.3) is 0 Å². The predicted molar refractivity (Wildman–Crippen MR) is 49.9 cm³/mol. The molecular formula is C6H8S3. The second-order valence-electron chi connectivity index (χ2n) is 1.71. The molecule has 0 radical (unpaired) electrons.